The third kappa shape index (κ3) is 1.97. The first-order valence-electron chi connectivity index (χ1n) is 5.97. The number of primary amides is 1. The second-order valence-electron chi connectivity index (χ2n) is 4.23. The number of carbonyl (C=O) groups excluding carboxylic acids is 1. The minimum atomic E-state index is -0.494. The van der Waals surface area contributed by atoms with Gasteiger partial charge in [0.15, 0.2) is 0 Å². The van der Waals surface area contributed by atoms with Crippen molar-refractivity contribution in [2.75, 3.05) is 7.11 Å². The van der Waals surface area contributed by atoms with Crippen LogP contribution in [0.2, 0.25) is 0 Å². The molecule has 0 saturated heterocycles. The first-order chi connectivity index (χ1) is 9.69. The third-order valence-corrected chi connectivity index (χ3v) is 3.00. The minimum absolute atomic E-state index is 0.396. The Balaban J connectivity index is 2.15. The van der Waals surface area contributed by atoms with E-state index in [1.54, 1.807) is 24.4 Å². The third-order valence-electron chi connectivity index (χ3n) is 3.00. The number of aromatic nitrogens is 3. The van der Waals surface area contributed by atoms with Crippen molar-refractivity contribution in [2.24, 2.45) is 5.73 Å². The number of benzene rings is 1. The predicted octanol–water partition coefficient (Wildman–Crippen LogP) is 1.50. The van der Waals surface area contributed by atoms with Crippen molar-refractivity contribution in [3.63, 3.8) is 0 Å². The molecule has 0 unspecified atom stereocenters. The van der Waals surface area contributed by atoms with Gasteiger partial charge in [-0.15, -0.1) is 0 Å². The molecular weight excluding hydrogens is 256 g/mol. The highest BCUT2D eigenvalue weighted by molar-refractivity contribution is 5.94. The van der Waals surface area contributed by atoms with E-state index in [0.717, 1.165) is 11.3 Å². The second kappa shape index (κ2) is 4.65. The van der Waals surface area contributed by atoms with E-state index >= 15 is 0 Å². The van der Waals surface area contributed by atoms with Crippen LogP contribution in [0.5, 0.6) is 5.75 Å². The van der Waals surface area contributed by atoms with E-state index in [4.69, 9.17) is 10.5 Å². The van der Waals surface area contributed by atoms with Gasteiger partial charge in [0.2, 0.25) is 11.7 Å². The standard InChI is InChI=1S/C14H12N4O2/c1-20-12-7-9(13(15)19)3-4-10(12)11-8-18-6-2-5-16-14(18)17-11/h2-8H,1H3,(H2,15,19). The lowest BCUT2D eigenvalue weighted by atomic mass is 10.1. The van der Waals surface area contributed by atoms with Crippen LogP contribution in [0.15, 0.2) is 42.9 Å². The molecule has 0 bridgehead atoms. The Morgan fingerprint density at radius 1 is 1.40 bits per heavy atom. The molecule has 2 heterocycles. The molecule has 0 saturated carbocycles. The van der Waals surface area contributed by atoms with Gasteiger partial charge >= 0.3 is 0 Å². The number of methoxy groups -OCH3 is 1. The Morgan fingerprint density at radius 3 is 2.95 bits per heavy atom. The Kier molecular flexibility index (Phi) is 2.83. The molecule has 100 valence electrons. The predicted molar refractivity (Wildman–Crippen MR) is 73.5 cm³/mol. The summed E-state index contributed by atoms with van der Waals surface area (Å²) in [5, 5.41) is 0. The van der Waals surface area contributed by atoms with Gasteiger partial charge in [0.05, 0.1) is 12.8 Å². The number of rotatable bonds is 3. The largest absolute Gasteiger partial charge is 0.496 e. The first-order valence-corrected chi connectivity index (χ1v) is 5.97. The number of amides is 1. The average Bonchev–Trinajstić information content (AvgIpc) is 2.90. The zero-order chi connectivity index (χ0) is 14.1. The fraction of sp³-hybridized carbons (Fsp3) is 0.0714. The van der Waals surface area contributed by atoms with Gasteiger partial charge in [-0.1, -0.05) is 0 Å². The maximum atomic E-state index is 11.2. The first kappa shape index (κ1) is 12.2. The summed E-state index contributed by atoms with van der Waals surface area (Å²) >= 11 is 0. The van der Waals surface area contributed by atoms with Crippen LogP contribution in [0.4, 0.5) is 0 Å². The highest BCUT2D eigenvalue weighted by atomic mass is 16.5. The molecule has 1 amide bonds. The van der Waals surface area contributed by atoms with E-state index in [1.807, 2.05) is 22.9 Å². The van der Waals surface area contributed by atoms with Gasteiger partial charge in [-0.2, -0.15) is 0 Å². The molecule has 6 nitrogen and oxygen atoms in total. The quantitative estimate of drug-likeness (QED) is 0.780. The number of nitrogens with zero attached hydrogens (tertiary/aromatic N) is 3. The summed E-state index contributed by atoms with van der Waals surface area (Å²) in [7, 11) is 1.54. The molecule has 0 aliphatic rings. The Labute approximate surface area is 114 Å². The van der Waals surface area contributed by atoms with Crippen molar-refractivity contribution < 1.29 is 9.53 Å². The lowest BCUT2D eigenvalue weighted by molar-refractivity contribution is 0.1000. The number of imidazole rings is 1. The van der Waals surface area contributed by atoms with Gasteiger partial charge < -0.3 is 10.5 Å². The number of carbonyl (C=O) groups is 1. The smallest absolute Gasteiger partial charge is 0.248 e. The zero-order valence-electron chi connectivity index (χ0n) is 10.8. The van der Waals surface area contributed by atoms with Crippen LogP contribution in [-0.2, 0) is 0 Å². The SMILES string of the molecule is COc1cc(C(N)=O)ccc1-c1cn2cccnc2n1. The number of fused-ring (bicyclic) bond motifs is 1. The Bertz CT molecular complexity index is 762. The van der Waals surface area contributed by atoms with Gasteiger partial charge in [0, 0.05) is 29.7 Å². The topological polar surface area (TPSA) is 82.5 Å². The maximum absolute atomic E-state index is 11.2. The van der Waals surface area contributed by atoms with E-state index in [-0.39, 0.29) is 0 Å². The number of hydrogen-bond donors (Lipinski definition) is 1. The molecule has 0 aliphatic carbocycles. The van der Waals surface area contributed by atoms with E-state index in [9.17, 15) is 4.79 Å². The second-order valence-corrected chi connectivity index (χ2v) is 4.23. The van der Waals surface area contributed by atoms with Gasteiger partial charge in [0.25, 0.3) is 0 Å². The van der Waals surface area contributed by atoms with Crippen LogP contribution < -0.4 is 10.5 Å². The van der Waals surface area contributed by atoms with Crippen molar-refractivity contribution >= 4 is 11.7 Å². The van der Waals surface area contributed by atoms with E-state index in [2.05, 4.69) is 9.97 Å². The van der Waals surface area contributed by atoms with Crippen LogP contribution in [0.25, 0.3) is 17.0 Å². The molecule has 2 aromatic heterocycles. The summed E-state index contributed by atoms with van der Waals surface area (Å²) in [4.78, 5) is 19.8. The molecular formula is C14H12N4O2. The summed E-state index contributed by atoms with van der Waals surface area (Å²) in [5.74, 6) is 0.653. The Hall–Kier alpha value is -2.89. The molecule has 0 spiro atoms. The van der Waals surface area contributed by atoms with Crippen molar-refractivity contribution in [1.29, 1.82) is 0 Å². The molecule has 0 atom stereocenters. The average molecular weight is 268 g/mol. The van der Waals surface area contributed by atoms with Crippen molar-refractivity contribution in [2.45, 2.75) is 0 Å². The molecule has 0 aliphatic heterocycles. The summed E-state index contributed by atoms with van der Waals surface area (Å²) in [6.07, 6.45) is 5.40. The summed E-state index contributed by atoms with van der Waals surface area (Å²) in [6.45, 7) is 0. The van der Waals surface area contributed by atoms with E-state index < -0.39 is 5.91 Å². The lowest BCUT2D eigenvalue weighted by Gasteiger charge is -2.07. The fourth-order valence-electron chi connectivity index (χ4n) is 2.02. The molecule has 20 heavy (non-hydrogen) atoms. The highest BCUT2D eigenvalue weighted by Crippen LogP contribution is 2.30. The van der Waals surface area contributed by atoms with Crippen LogP contribution >= 0.6 is 0 Å². The summed E-state index contributed by atoms with van der Waals surface area (Å²) < 4.78 is 7.13. The van der Waals surface area contributed by atoms with Gasteiger partial charge in [-0.3, -0.25) is 9.20 Å². The van der Waals surface area contributed by atoms with Crippen molar-refractivity contribution in [1.82, 2.24) is 14.4 Å². The van der Waals surface area contributed by atoms with E-state index in [1.165, 1.54) is 7.11 Å². The monoisotopic (exact) mass is 268 g/mol. The normalized spacial score (nSPS) is 10.7. The number of nitrogens with two attached hydrogens (primary N) is 1. The van der Waals surface area contributed by atoms with Crippen LogP contribution in [-0.4, -0.2) is 27.4 Å². The zero-order valence-corrected chi connectivity index (χ0v) is 10.8. The molecule has 0 radical (unpaired) electrons. The van der Waals surface area contributed by atoms with Crippen LogP contribution in [0.1, 0.15) is 10.4 Å². The van der Waals surface area contributed by atoms with Gasteiger partial charge in [-0.05, 0) is 24.3 Å². The summed E-state index contributed by atoms with van der Waals surface area (Å²) in [6, 6.07) is 6.85. The Morgan fingerprint density at radius 2 is 2.25 bits per heavy atom. The van der Waals surface area contributed by atoms with Gasteiger partial charge in [-0.25, -0.2) is 9.97 Å². The summed E-state index contributed by atoms with van der Waals surface area (Å²) in [5.41, 5.74) is 7.16. The highest BCUT2D eigenvalue weighted by Gasteiger charge is 2.12. The molecule has 0 fully saturated rings. The molecule has 1 aromatic carbocycles. The van der Waals surface area contributed by atoms with Crippen molar-refractivity contribution in [3.8, 4) is 17.0 Å². The number of hydrogen-bond acceptors (Lipinski definition) is 4. The van der Waals surface area contributed by atoms with Gasteiger partial charge in [0.1, 0.15) is 5.75 Å². The van der Waals surface area contributed by atoms with E-state index in [0.29, 0.717) is 17.1 Å². The maximum Gasteiger partial charge on any atom is 0.248 e. The van der Waals surface area contributed by atoms with Crippen LogP contribution in [0, 0.1) is 0 Å². The fourth-order valence-corrected chi connectivity index (χ4v) is 2.02. The number of ether oxygens (including phenoxy) is 1. The molecule has 6 heteroatoms. The lowest BCUT2D eigenvalue weighted by Crippen LogP contribution is -2.10. The van der Waals surface area contributed by atoms with Crippen LogP contribution in [0.3, 0.4) is 0 Å². The molecule has 2 N–H and O–H groups in total. The minimum Gasteiger partial charge on any atom is -0.496 e. The van der Waals surface area contributed by atoms with Crippen molar-refractivity contribution in [3.05, 3.63) is 48.4 Å². The molecule has 3 aromatic rings. The molecule has 3 rings (SSSR count).